The third-order valence-corrected chi connectivity index (χ3v) is 4.30. The molecule has 3 aromatic rings. The Kier molecular flexibility index (Phi) is 6.41. The van der Waals surface area contributed by atoms with Crippen molar-refractivity contribution in [3.63, 3.8) is 0 Å². The molecule has 3 N–H and O–H groups in total. The standard InChI is InChI=1S/C23H22N2O3/c24-22(26)21(25-23(27)19-9-5-2-6-10-19)15-17-11-13-20(14-12-17)28-16-18-7-3-1-4-8-18/h1-14,21H,15-16H2,(H2,24,26)(H,25,27)/t21-/m0/s1. The second kappa shape index (κ2) is 9.37. The fourth-order valence-electron chi connectivity index (χ4n) is 2.75. The monoisotopic (exact) mass is 374 g/mol. The summed E-state index contributed by atoms with van der Waals surface area (Å²) in [5.74, 6) is -0.169. The van der Waals surface area contributed by atoms with Gasteiger partial charge < -0.3 is 15.8 Å². The van der Waals surface area contributed by atoms with Gasteiger partial charge in [0.2, 0.25) is 5.91 Å². The lowest BCUT2D eigenvalue weighted by molar-refractivity contribution is -0.119. The van der Waals surface area contributed by atoms with E-state index < -0.39 is 11.9 Å². The van der Waals surface area contributed by atoms with Crippen LogP contribution in [0.4, 0.5) is 0 Å². The molecular weight excluding hydrogens is 352 g/mol. The van der Waals surface area contributed by atoms with Crippen molar-refractivity contribution in [2.45, 2.75) is 19.1 Å². The second-order valence-corrected chi connectivity index (χ2v) is 6.42. The fourth-order valence-corrected chi connectivity index (χ4v) is 2.75. The summed E-state index contributed by atoms with van der Waals surface area (Å²) in [4.78, 5) is 24.1. The molecule has 0 spiro atoms. The van der Waals surface area contributed by atoms with Gasteiger partial charge in [-0.05, 0) is 35.4 Å². The highest BCUT2D eigenvalue weighted by atomic mass is 16.5. The van der Waals surface area contributed by atoms with Crippen LogP contribution in [0.15, 0.2) is 84.9 Å². The number of hydrogen-bond acceptors (Lipinski definition) is 3. The molecule has 5 nitrogen and oxygen atoms in total. The molecule has 0 unspecified atom stereocenters. The van der Waals surface area contributed by atoms with Gasteiger partial charge >= 0.3 is 0 Å². The van der Waals surface area contributed by atoms with E-state index in [9.17, 15) is 9.59 Å². The van der Waals surface area contributed by atoms with Crippen molar-refractivity contribution in [3.05, 3.63) is 102 Å². The Morgan fingerprint density at radius 2 is 1.43 bits per heavy atom. The van der Waals surface area contributed by atoms with Gasteiger partial charge in [0.05, 0.1) is 0 Å². The molecule has 0 saturated heterocycles. The van der Waals surface area contributed by atoms with E-state index in [-0.39, 0.29) is 5.91 Å². The average Bonchev–Trinajstić information content (AvgIpc) is 2.74. The molecule has 0 saturated carbocycles. The van der Waals surface area contributed by atoms with Gasteiger partial charge in [-0.1, -0.05) is 60.7 Å². The van der Waals surface area contributed by atoms with E-state index in [4.69, 9.17) is 10.5 Å². The molecule has 0 aliphatic rings. The zero-order chi connectivity index (χ0) is 19.8. The molecule has 5 heteroatoms. The molecule has 0 aliphatic carbocycles. The quantitative estimate of drug-likeness (QED) is 0.636. The normalized spacial score (nSPS) is 11.4. The van der Waals surface area contributed by atoms with Crippen LogP contribution in [-0.4, -0.2) is 17.9 Å². The van der Waals surface area contributed by atoms with Gasteiger partial charge in [0.15, 0.2) is 0 Å². The van der Waals surface area contributed by atoms with Crippen molar-refractivity contribution in [2.24, 2.45) is 5.73 Å². The molecular formula is C23H22N2O3. The van der Waals surface area contributed by atoms with Crippen LogP contribution in [0.1, 0.15) is 21.5 Å². The largest absolute Gasteiger partial charge is 0.489 e. The second-order valence-electron chi connectivity index (χ2n) is 6.42. The number of benzene rings is 3. The number of amides is 2. The predicted octanol–water partition coefficient (Wildman–Crippen LogP) is 3.09. The van der Waals surface area contributed by atoms with E-state index in [0.29, 0.717) is 18.6 Å². The number of carbonyl (C=O) groups is 2. The lowest BCUT2D eigenvalue weighted by atomic mass is 10.0. The molecule has 0 aliphatic heterocycles. The van der Waals surface area contributed by atoms with Crippen molar-refractivity contribution >= 4 is 11.8 Å². The highest BCUT2D eigenvalue weighted by Gasteiger charge is 2.19. The summed E-state index contributed by atoms with van der Waals surface area (Å²) in [6.45, 7) is 0.483. The summed E-state index contributed by atoms with van der Waals surface area (Å²) < 4.78 is 5.76. The topological polar surface area (TPSA) is 81.4 Å². The van der Waals surface area contributed by atoms with Crippen LogP contribution < -0.4 is 15.8 Å². The molecule has 28 heavy (non-hydrogen) atoms. The molecule has 142 valence electrons. The molecule has 0 fully saturated rings. The lowest BCUT2D eigenvalue weighted by Gasteiger charge is -2.16. The summed E-state index contributed by atoms with van der Waals surface area (Å²) in [5.41, 5.74) is 7.93. The summed E-state index contributed by atoms with van der Waals surface area (Å²) in [7, 11) is 0. The highest BCUT2D eigenvalue weighted by molar-refractivity contribution is 5.97. The van der Waals surface area contributed by atoms with Crippen LogP contribution in [0, 0.1) is 0 Å². The van der Waals surface area contributed by atoms with Crippen LogP contribution in [-0.2, 0) is 17.8 Å². The first-order valence-corrected chi connectivity index (χ1v) is 9.03. The number of nitrogens with two attached hydrogens (primary N) is 1. The van der Waals surface area contributed by atoms with E-state index >= 15 is 0 Å². The molecule has 3 rings (SSSR count). The van der Waals surface area contributed by atoms with E-state index in [1.54, 1.807) is 24.3 Å². The van der Waals surface area contributed by atoms with Gasteiger partial charge in [-0.3, -0.25) is 9.59 Å². The first kappa shape index (κ1) is 19.2. The minimum atomic E-state index is -0.788. The maximum absolute atomic E-state index is 12.3. The number of nitrogens with one attached hydrogen (secondary N) is 1. The molecule has 1 atom stereocenters. The number of ether oxygens (including phenoxy) is 1. The fraction of sp³-hybridized carbons (Fsp3) is 0.130. The summed E-state index contributed by atoms with van der Waals surface area (Å²) >= 11 is 0. The Labute approximate surface area is 164 Å². The molecule has 2 amide bonds. The SMILES string of the molecule is NC(=O)[C@H](Cc1ccc(OCc2ccccc2)cc1)NC(=O)c1ccccc1. The van der Waals surface area contributed by atoms with Crippen molar-refractivity contribution in [1.82, 2.24) is 5.32 Å². The Bertz CT molecular complexity index is 910. The molecule has 3 aromatic carbocycles. The van der Waals surface area contributed by atoms with E-state index in [1.165, 1.54) is 0 Å². The predicted molar refractivity (Wildman–Crippen MR) is 108 cm³/mol. The maximum atomic E-state index is 12.3. The molecule has 0 aromatic heterocycles. The van der Waals surface area contributed by atoms with E-state index in [1.807, 2.05) is 60.7 Å². The number of hydrogen-bond donors (Lipinski definition) is 2. The van der Waals surface area contributed by atoms with Crippen molar-refractivity contribution in [2.75, 3.05) is 0 Å². The van der Waals surface area contributed by atoms with Gasteiger partial charge in [0.1, 0.15) is 18.4 Å². The summed E-state index contributed by atoms with van der Waals surface area (Å²) in [6.07, 6.45) is 0.312. The van der Waals surface area contributed by atoms with Gasteiger partial charge in [0, 0.05) is 12.0 Å². The van der Waals surface area contributed by atoms with Crippen LogP contribution in [0.25, 0.3) is 0 Å². The summed E-state index contributed by atoms with van der Waals surface area (Å²) in [5, 5.41) is 2.70. The minimum Gasteiger partial charge on any atom is -0.489 e. The Balaban J connectivity index is 1.59. The zero-order valence-corrected chi connectivity index (χ0v) is 15.4. The third kappa shape index (κ3) is 5.45. The minimum absolute atomic E-state index is 0.312. The summed E-state index contributed by atoms with van der Waals surface area (Å²) in [6, 6.07) is 25.3. The van der Waals surface area contributed by atoms with Crippen molar-refractivity contribution < 1.29 is 14.3 Å². The van der Waals surface area contributed by atoms with Gasteiger partial charge in [0.25, 0.3) is 5.91 Å². The van der Waals surface area contributed by atoms with Gasteiger partial charge in [-0.25, -0.2) is 0 Å². The first-order chi connectivity index (χ1) is 13.6. The van der Waals surface area contributed by atoms with Crippen molar-refractivity contribution in [1.29, 1.82) is 0 Å². The third-order valence-electron chi connectivity index (χ3n) is 4.30. The van der Waals surface area contributed by atoms with E-state index in [2.05, 4.69) is 5.32 Å². The van der Waals surface area contributed by atoms with Crippen LogP contribution >= 0.6 is 0 Å². The Morgan fingerprint density at radius 3 is 2.04 bits per heavy atom. The zero-order valence-electron chi connectivity index (χ0n) is 15.4. The number of rotatable bonds is 8. The molecule has 0 bridgehead atoms. The first-order valence-electron chi connectivity index (χ1n) is 9.03. The van der Waals surface area contributed by atoms with Crippen LogP contribution in [0.3, 0.4) is 0 Å². The Hall–Kier alpha value is -3.60. The smallest absolute Gasteiger partial charge is 0.251 e. The molecule has 0 radical (unpaired) electrons. The van der Waals surface area contributed by atoms with Crippen LogP contribution in [0.5, 0.6) is 5.75 Å². The maximum Gasteiger partial charge on any atom is 0.251 e. The number of primary amides is 1. The Morgan fingerprint density at radius 1 is 0.821 bits per heavy atom. The van der Waals surface area contributed by atoms with Gasteiger partial charge in [-0.2, -0.15) is 0 Å². The highest BCUT2D eigenvalue weighted by Crippen LogP contribution is 2.15. The van der Waals surface area contributed by atoms with E-state index in [0.717, 1.165) is 16.9 Å². The van der Waals surface area contributed by atoms with Gasteiger partial charge in [-0.15, -0.1) is 0 Å². The number of carbonyl (C=O) groups excluding carboxylic acids is 2. The lowest BCUT2D eigenvalue weighted by Crippen LogP contribution is -2.45. The average molecular weight is 374 g/mol. The van der Waals surface area contributed by atoms with Crippen molar-refractivity contribution in [3.8, 4) is 5.75 Å². The van der Waals surface area contributed by atoms with Crippen LogP contribution in [0.2, 0.25) is 0 Å². The molecule has 0 heterocycles.